The highest BCUT2D eigenvalue weighted by atomic mass is 19.4. The van der Waals surface area contributed by atoms with Gasteiger partial charge in [0.05, 0.1) is 11.3 Å². The quantitative estimate of drug-likeness (QED) is 0.618. The number of hydrogen-bond donors (Lipinski definition) is 0. The van der Waals surface area contributed by atoms with Crippen LogP contribution in [-0.4, -0.2) is 30.6 Å². The van der Waals surface area contributed by atoms with Crippen LogP contribution in [0.4, 0.5) is 13.2 Å². The van der Waals surface area contributed by atoms with Crippen LogP contribution in [-0.2, 0) is 15.7 Å². The monoisotopic (exact) mass is 285 g/mol. The van der Waals surface area contributed by atoms with E-state index in [0.29, 0.717) is 0 Å². The third-order valence-electron chi connectivity index (χ3n) is 2.81. The average molecular weight is 285 g/mol. The fourth-order valence-electron chi connectivity index (χ4n) is 1.84. The normalized spacial score (nSPS) is 15.6. The van der Waals surface area contributed by atoms with Crippen molar-refractivity contribution in [2.45, 2.75) is 13.1 Å². The number of hydrogen-bond acceptors (Lipinski definition) is 4. The van der Waals surface area contributed by atoms with E-state index in [0.717, 1.165) is 19.1 Å². The Morgan fingerprint density at radius 1 is 1.35 bits per heavy atom. The van der Waals surface area contributed by atoms with Crippen molar-refractivity contribution in [2.24, 2.45) is 4.99 Å². The Hall–Kier alpha value is -2.18. The molecule has 7 heteroatoms. The second kappa shape index (κ2) is 5.07. The Morgan fingerprint density at radius 2 is 2.05 bits per heavy atom. The van der Waals surface area contributed by atoms with Crippen LogP contribution in [0.3, 0.4) is 0 Å². The van der Waals surface area contributed by atoms with Gasteiger partial charge in [-0.3, -0.25) is 14.6 Å². The van der Waals surface area contributed by atoms with E-state index in [-0.39, 0.29) is 24.4 Å². The summed E-state index contributed by atoms with van der Waals surface area (Å²) in [7, 11) is 0. The van der Waals surface area contributed by atoms with Gasteiger partial charge in [0.25, 0.3) is 0 Å². The number of carbonyl (C=O) groups excluding carboxylic acids is 2. The highest BCUT2D eigenvalue weighted by Crippen LogP contribution is 2.33. The molecule has 0 saturated carbocycles. The van der Waals surface area contributed by atoms with Crippen LogP contribution in [0.15, 0.2) is 23.2 Å². The molecule has 0 atom stereocenters. The molecular weight excluding hydrogens is 275 g/mol. The minimum Gasteiger partial charge on any atom is -0.458 e. The van der Waals surface area contributed by atoms with E-state index >= 15 is 0 Å². The van der Waals surface area contributed by atoms with Crippen molar-refractivity contribution in [2.75, 3.05) is 13.2 Å². The van der Waals surface area contributed by atoms with Gasteiger partial charge in [0, 0.05) is 5.56 Å². The summed E-state index contributed by atoms with van der Waals surface area (Å²) in [6.07, 6.45) is -4.64. The van der Waals surface area contributed by atoms with Gasteiger partial charge >= 0.3 is 12.1 Å². The highest BCUT2D eigenvalue weighted by Gasteiger charge is 2.35. The van der Waals surface area contributed by atoms with Gasteiger partial charge in [-0.25, -0.2) is 0 Å². The number of carbonyl (C=O) groups is 2. The molecule has 1 aliphatic heterocycles. The van der Waals surface area contributed by atoms with Crippen LogP contribution in [0.25, 0.3) is 0 Å². The first-order chi connectivity index (χ1) is 9.29. The molecule has 0 saturated heterocycles. The maximum Gasteiger partial charge on any atom is 0.417 e. The zero-order chi connectivity index (χ0) is 14.9. The van der Waals surface area contributed by atoms with Crippen molar-refractivity contribution in [3.8, 4) is 0 Å². The molecule has 1 aromatic rings. The Kier molecular flexibility index (Phi) is 3.61. The van der Waals surface area contributed by atoms with E-state index in [4.69, 9.17) is 4.74 Å². The summed E-state index contributed by atoms with van der Waals surface area (Å²) in [6.45, 7) is 0.685. The fraction of sp³-hybridized carbons (Fsp3) is 0.308. The summed E-state index contributed by atoms with van der Waals surface area (Å²) in [6, 6.07) is 3.33. The molecular formula is C13H10F3NO3. The first kappa shape index (κ1) is 14.2. The Morgan fingerprint density at radius 3 is 2.55 bits per heavy atom. The lowest BCUT2D eigenvalue weighted by Crippen LogP contribution is -2.24. The van der Waals surface area contributed by atoms with E-state index in [1.54, 1.807) is 0 Å². The number of ether oxygens (including phenoxy) is 1. The fourth-order valence-corrected chi connectivity index (χ4v) is 1.84. The lowest BCUT2D eigenvalue weighted by molar-refractivity contribution is -0.141. The van der Waals surface area contributed by atoms with Crippen molar-refractivity contribution >= 4 is 17.5 Å². The predicted molar refractivity (Wildman–Crippen MR) is 63.8 cm³/mol. The maximum absolute atomic E-state index is 12.9. The van der Waals surface area contributed by atoms with Crippen LogP contribution in [0.1, 0.15) is 28.4 Å². The number of esters is 1. The molecule has 0 N–H and O–H groups in total. The van der Waals surface area contributed by atoms with E-state index in [1.165, 1.54) is 6.07 Å². The molecule has 106 valence electrons. The van der Waals surface area contributed by atoms with Gasteiger partial charge in [0.1, 0.15) is 13.2 Å². The summed E-state index contributed by atoms with van der Waals surface area (Å²) < 4.78 is 43.6. The van der Waals surface area contributed by atoms with Crippen molar-refractivity contribution in [3.05, 3.63) is 34.9 Å². The molecule has 1 heterocycles. The molecule has 0 fully saturated rings. The number of rotatable bonds is 2. The van der Waals surface area contributed by atoms with E-state index in [9.17, 15) is 22.8 Å². The zero-order valence-corrected chi connectivity index (χ0v) is 10.5. The number of halogens is 3. The number of aliphatic imine (C=N–C) groups is 1. The molecule has 0 spiro atoms. The largest absolute Gasteiger partial charge is 0.458 e. The number of benzene rings is 1. The molecule has 20 heavy (non-hydrogen) atoms. The maximum atomic E-state index is 12.9. The number of alkyl halides is 3. The summed E-state index contributed by atoms with van der Waals surface area (Å²) >= 11 is 0. The molecule has 2 rings (SSSR count). The first-order valence-electron chi connectivity index (χ1n) is 5.70. The first-order valence-corrected chi connectivity index (χ1v) is 5.70. The Bertz CT molecular complexity index is 605. The molecule has 0 radical (unpaired) electrons. The zero-order valence-electron chi connectivity index (χ0n) is 10.5. The molecule has 0 aromatic heterocycles. The number of nitrogens with zero attached hydrogens (tertiary/aromatic N) is 1. The molecule has 1 aliphatic rings. The Balaban J connectivity index is 2.48. The van der Waals surface area contributed by atoms with Gasteiger partial charge in [-0.2, -0.15) is 13.2 Å². The molecule has 0 aliphatic carbocycles. The van der Waals surface area contributed by atoms with E-state index in [1.807, 2.05) is 0 Å². The van der Waals surface area contributed by atoms with Gasteiger partial charge in [-0.15, -0.1) is 0 Å². The minimum atomic E-state index is -4.64. The van der Waals surface area contributed by atoms with Crippen molar-refractivity contribution in [1.29, 1.82) is 0 Å². The summed E-state index contributed by atoms with van der Waals surface area (Å²) in [5.74, 6) is -1.19. The molecule has 0 amide bonds. The molecule has 0 unspecified atom stereocenters. The van der Waals surface area contributed by atoms with Crippen molar-refractivity contribution in [1.82, 2.24) is 0 Å². The van der Waals surface area contributed by atoms with Crippen molar-refractivity contribution in [3.63, 3.8) is 0 Å². The number of ketones is 1. The topological polar surface area (TPSA) is 55.7 Å². The smallest absolute Gasteiger partial charge is 0.417 e. The van der Waals surface area contributed by atoms with Crippen LogP contribution in [0.2, 0.25) is 0 Å². The van der Waals surface area contributed by atoms with Crippen LogP contribution in [0, 0.1) is 0 Å². The second-order valence-electron chi connectivity index (χ2n) is 4.24. The third kappa shape index (κ3) is 2.87. The summed E-state index contributed by atoms with van der Waals surface area (Å²) in [5, 5.41) is 0. The van der Waals surface area contributed by atoms with Crippen molar-refractivity contribution < 1.29 is 27.5 Å². The Labute approximate surface area is 112 Å². The summed E-state index contributed by atoms with van der Waals surface area (Å²) in [5.41, 5.74) is -0.961. The SMILES string of the molecule is CC(=O)c1ccc(C2=NCC(=O)OC2)cc1C(F)(F)F. The predicted octanol–water partition coefficient (Wildman–Crippen LogP) is 2.25. The minimum absolute atomic E-state index is 0.171. The number of cyclic esters (lactones) is 1. The van der Waals surface area contributed by atoms with Gasteiger partial charge in [-0.1, -0.05) is 12.1 Å². The van der Waals surface area contributed by atoms with Gasteiger partial charge in [0.15, 0.2) is 5.78 Å². The van der Waals surface area contributed by atoms with E-state index < -0.39 is 29.1 Å². The van der Waals surface area contributed by atoms with Gasteiger partial charge < -0.3 is 4.74 Å². The summed E-state index contributed by atoms with van der Waals surface area (Å²) in [4.78, 5) is 26.0. The van der Waals surface area contributed by atoms with Crippen LogP contribution >= 0.6 is 0 Å². The lowest BCUT2D eigenvalue weighted by atomic mass is 9.98. The number of Topliss-reactive ketones (excluding diaryl/α,β-unsaturated/α-hetero) is 1. The van der Waals surface area contributed by atoms with E-state index in [2.05, 4.69) is 4.99 Å². The standard InChI is InChI=1S/C13H10F3NO3/c1-7(18)9-3-2-8(4-10(9)13(14,15)16)11-6-20-12(19)5-17-11/h2-4H,5-6H2,1H3. The molecule has 1 aromatic carbocycles. The highest BCUT2D eigenvalue weighted by molar-refractivity contribution is 6.05. The lowest BCUT2D eigenvalue weighted by Gasteiger charge is -2.16. The van der Waals surface area contributed by atoms with Gasteiger partial charge in [-0.05, 0) is 18.6 Å². The third-order valence-corrected chi connectivity index (χ3v) is 2.81. The van der Waals surface area contributed by atoms with Crippen LogP contribution in [0.5, 0.6) is 0 Å². The second-order valence-corrected chi connectivity index (χ2v) is 4.24. The van der Waals surface area contributed by atoms with Crippen LogP contribution < -0.4 is 0 Å². The molecule has 0 bridgehead atoms. The average Bonchev–Trinajstić information content (AvgIpc) is 2.38. The molecule has 4 nitrogen and oxygen atoms in total. The van der Waals surface area contributed by atoms with Gasteiger partial charge in [0.2, 0.25) is 0 Å².